The predicted molar refractivity (Wildman–Crippen MR) is 77.7 cm³/mol. The van der Waals surface area contributed by atoms with E-state index in [9.17, 15) is 0 Å². The molecule has 19 heavy (non-hydrogen) atoms. The van der Waals surface area contributed by atoms with Gasteiger partial charge in [-0.2, -0.15) is 0 Å². The number of ether oxygens (including phenoxy) is 3. The molecule has 0 heterocycles. The number of hydrogen-bond acceptors (Lipinski definition) is 3. The maximum atomic E-state index is 5.70. The molecule has 0 aliphatic rings. The van der Waals surface area contributed by atoms with Crippen LogP contribution in [0.5, 0.6) is 5.75 Å². The fourth-order valence-electron chi connectivity index (χ4n) is 1.79. The van der Waals surface area contributed by atoms with Gasteiger partial charge in [-0.1, -0.05) is 26.0 Å². The monoisotopic (exact) mass is 266 g/mol. The van der Waals surface area contributed by atoms with Gasteiger partial charge < -0.3 is 14.2 Å². The zero-order chi connectivity index (χ0) is 14.1. The lowest BCUT2D eigenvalue weighted by atomic mass is 9.99. The van der Waals surface area contributed by atoms with Crippen molar-refractivity contribution in [3.05, 3.63) is 29.8 Å². The van der Waals surface area contributed by atoms with Gasteiger partial charge in [-0.15, -0.1) is 0 Å². The molecule has 0 saturated heterocycles. The Morgan fingerprint density at radius 2 is 1.74 bits per heavy atom. The van der Waals surface area contributed by atoms with E-state index in [1.54, 1.807) is 7.11 Å². The predicted octanol–water partition coefficient (Wildman–Crippen LogP) is 3.98. The maximum absolute atomic E-state index is 5.70. The largest absolute Gasteiger partial charge is 0.465 e. The quantitative estimate of drug-likeness (QED) is 0.500. The molecule has 3 nitrogen and oxygen atoms in total. The van der Waals surface area contributed by atoms with Crippen LogP contribution in [0.1, 0.15) is 45.1 Å². The molecule has 0 aromatic heterocycles. The molecular formula is C16H26O3. The normalized spacial score (nSPS) is 14.1. The van der Waals surface area contributed by atoms with Gasteiger partial charge in [0.25, 0.3) is 0 Å². The molecule has 3 heteroatoms. The topological polar surface area (TPSA) is 27.7 Å². The van der Waals surface area contributed by atoms with Crippen molar-refractivity contribution in [2.45, 2.75) is 45.8 Å². The summed E-state index contributed by atoms with van der Waals surface area (Å²) in [6.45, 7) is 7.72. The van der Waals surface area contributed by atoms with Crippen molar-refractivity contribution in [2.24, 2.45) is 0 Å². The minimum Gasteiger partial charge on any atom is -0.465 e. The van der Waals surface area contributed by atoms with E-state index in [-0.39, 0.29) is 6.29 Å². The molecule has 0 aliphatic carbocycles. The molecule has 0 spiro atoms. The molecule has 108 valence electrons. The molecule has 1 aromatic carbocycles. The molecule has 0 N–H and O–H groups in total. The van der Waals surface area contributed by atoms with Crippen LogP contribution in [0.15, 0.2) is 24.3 Å². The zero-order valence-corrected chi connectivity index (χ0v) is 12.5. The SMILES string of the molecule is CCC(C)c1ccc(OC(C)OCCCOC)cc1. The van der Waals surface area contributed by atoms with E-state index >= 15 is 0 Å². The van der Waals surface area contributed by atoms with Crippen LogP contribution in [0.3, 0.4) is 0 Å². The van der Waals surface area contributed by atoms with Crippen LogP contribution in [0.25, 0.3) is 0 Å². The van der Waals surface area contributed by atoms with Gasteiger partial charge in [0.05, 0.1) is 6.61 Å². The first kappa shape index (κ1) is 16.0. The highest BCUT2D eigenvalue weighted by Gasteiger charge is 2.06. The molecule has 0 radical (unpaired) electrons. The lowest BCUT2D eigenvalue weighted by molar-refractivity contribution is -0.0705. The van der Waals surface area contributed by atoms with Gasteiger partial charge in [-0.05, 0) is 43.4 Å². The van der Waals surface area contributed by atoms with Crippen LogP contribution in [-0.2, 0) is 9.47 Å². The first-order chi connectivity index (χ1) is 9.17. The number of methoxy groups -OCH3 is 1. The van der Waals surface area contributed by atoms with Crippen molar-refractivity contribution in [1.29, 1.82) is 0 Å². The Hall–Kier alpha value is -1.06. The molecular weight excluding hydrogens is 240 g/mol. The van der Waals surface area contributed by atoms with E-state index in [1.165, 1.54) is 5.56 Å². The van der Waals surface area contributed by atoms with E-state index in [2.05, 4.69) is 26.0 Å². The molecule has 0 amide bonds. The van der Waals surface area contributed by atoms with Gasteiger partial charge in [0.1, 0.15) is 5.75 Å². The molecule has 1 rings (SSSR count). The van der Waals surface area contributed by atoms with Gasteiger partial charge in [-0.25, -0.2) is 0 Å². The molecule has 2 atom stereocenters. The fourth-order valence-corrected chi connectivity index (χ4v) is 1.79. The Balaban J connectivity index is 2.36. The fraction of sp³-hybridized carbons (Fsp3) is 0.625. The molecule has 0 bridgehead atoms. The first-order valence-corrected chi connectivity index (χ1v) is 7.04. The summed E-state index contributed by atoms with van der Waals surface area (Å²) in [4.78, 5) is 0. The van der Waals surface area contributed by atoms with E-state index in [0.29, 0.717) is 12.5 Å². The van der Waals surface area contributed by atoms with Crippen molar-refractivity contribution in [3.63, 3.8) is 0 Å². The van der Waals surface area contributed by atoms with Gasteiger partial charge in [-0.3, -0.25) is 0 Å². The summed E-state index contributed by atoms with van der Waals surface area (Å²) < 4.78 is 16.2. The van der Waals surface area contributed by atoms with Crippen molar-refractivity contribution >= 4 is 0 Å². The summed E-state index contributed by atoms with van der Waals surface area (Å²) in [6.07, 6.45) is 1.81. The zero-order valence-electron chi connectivity index (χ0n) is 12.5. The van der Waals surface area contributed by atoms with Gasteiger partial charge >= 0.3 is 0 Å². The van der Waals surface area contributed by atoms with Gasteiger partial charge in [0.2, 0.25) is 0 Å². The smallest absolute Gasteiger partial charge is 0.196 e. The summed E-state index contributed by atoms with van der Waals surface area (Å²) in [7, 11) is 1.69. The Bertz CT molecular complexity index is 334. The second-order valence-corrected chi connectivity index (χ2v) is 4.78. The lowest BCUT2D eigenvalue weighted by Crippen LogP contribution is -2.17. The Kier molecular flexibility index (Phi) is 7.53. The third-order valence-electron chi connectivity index (χ3n) is 3.21. The van der Waals surface area contributed by atoms with Gasteiger partial charge in [0, 0.05) is 13.7 Å². The highest BCUT2D eigenvalue weighted by molar-refractivity contribution is 5.29. The number of hydrogen-bond donors (Lipinski definition) is 0. The third kappa shape index (κ3) is 6.08. The second-order valence-electron chi connectivity index (χ2n) is 4.78. The average Bonchev–Trinajstić information content (AvgIpc) is 2.43. The Morgan fingerprint density at radius 3 is 2.32 bits per heavy atom. The summed E-state index contributed by atoms with van der Waals surface area (Å²) in [5.74, 6) is 1.45. The van der Waals surface area contributed by atoms with Crippen LogP contribution >= 0.6 is 0 Å². The Labute approximate surface area is 116 Å². The number of rotatable bonds is 9. The molecule has 0 saturated carbocycles. The third-order valence-corrected chi connectivity index (χ3v) is 3.21. The van der Waals surface area contributed by atoms with E-state index in [4.69, 9.17) is 14.2 Å². The Morgan fingerprint density at radius 1 is 1.05 bits per heavy atom. The van der Waals surface area contributed by atoms with Crippen LogP contribution in [0, 0.1) is 0 Å². The van der Waals surface area contributed by atoms with Crippen molar-refractivity contribution < 1.29 is 14.2 Å². The molecule has 0 aliphatic heterocycles. The number of benzene rings is 1. The van der Waals surface area contributed by atoms with Crippen molar-refractivity contribution in [1.82, 2.24) is 0 Å². The van der Waals surface area contributed by atoms with Crippen molar-refractivity contribution in [2.75, 3.05) is 20.3 Å². The van der Waals surface area contributed by atoms with Gasteiger partial charge in [0.15, 0.2) is 6.29 Å². The van der Waals surface area contributed by atoms with E-state index in [1.807, 2.05) is 19.1 Å². The summed E-state index contributed by atoms with van der Waals surface area (Å²) >= 11 is 0. The molecule has 0 fully saturated rings. The first-order valence-electron chi connectivity index (χ1n) is 7.04. The van der Waals surface area contributed by atoms with Crippen LogP contribution < -0.4 is 4.74 Å². The summed E-state index contributed by atoms with van der Waals surface area (Å²) in [6, 6.07) is 8.27. The second kappa shape index (κ2) is 8.94. The van der Waals surface area contributed by atoms with Crippen molar-refractivity contribution in [3.8, 4) is 5.75 Å². The standard InChI is InChI=1S/C16H26O3/c1-5-13(2)15-7-9-16(10-8-15)19-14(3)18-12-6-11-17-4/h7-10,13-14H,5-6,11-12H2,1-4H3. The highest BCUT2D eigenvalue weighted by Crippen LogP contribution is 2.22. The van der Waals surface area contributed by atoms with Crippen LogP contribution in [-0.4, -0.2) is 26.6 Å². The average molecular weight is 266 g/mol. The minimum atomic E-state index is -0.230. The maximum Gasteiger partial charge on any atom is 0.196 e. The molecule has 2 unspecified atom stereocenters. The van der Waals surface area contributed by atoms with Crippen LogP contribution in [0.2, 0.25) is 0 Å². The lowest BCUT2D eigenvalue weighted by Gasteiger charge is -2.16. The molecule has 1 aromatic rings. The summed E-state index contributed by atoms with van der Waals surface area (Å²) in [5.41, 5.74) is 1.35. The van der Waals surface area contributed by atoms with Crippen LogP contribution in [0.4, 0.5) is 0 Å². The van der Waals surface area contributed by atoms with E-state index < -0.39 is 0 Å². The highest BCUT2D eigenvalue weighted by atomic mass is 16.7. The van der Waals surface area contributed by atoms with E-state index in [0.717, 1.165) is 25.2 Å². The summed E-state index contributed by atoms with van der Waals surface area (Å²) in [5, 5.41) is 0. The minimum absolute atomic E-state index is 0.230.